The van der Waals surface area contributed by atoms with Gasteiger partial charge < -0.3 is 10.6 Å². The van der Waals surface area contributed by atoms with Crippen LogP contribution in [0.4, 0.5) is 11.4 Å². The van der Waals surface area contributed by atoms with E-state index in [0.29, 0.717) is 6.04 Å². The molecule has 17 heavy (non-hydrogen) atoms. The largest absolute Gasteiger partial charge is 0.383 e. The van der Waals surface area contributed by atoms with Crippen LogP contribution in [0.15, 0.2) is 18.2 Å². The molecule has 2 aliphatic rings. The van der Waals surface area contributed by atoms with Crippen molar-refractivity contribution in [3.63, 3.8) is 0 Å². The number of anilines is 2. The SMILES string of the molecule is Cc1cccc2c1NCC1CCCCCC1N2. The van der Waals surface area contributed by atoms with E-state index in [1.165, 1.54) is 49.0 Å². The van der Waals surface area contributed by atoms with Crippen molar-refractivity contribution in [3.8, 4) is 0 Å². The Morgan fingerprint density at radius 1 is 1.12 bits per heavy atom. The van der Waals surface area contributed by atoms with Gasteiger partial charge in [-0.2, -0.15) is 0 Å². The molecule has 0 aromatic heterocycles. The number of rotatable bonds is 0. The Hall–Kier alpha value is -1.18. The highest BCUT2D eigenvalue weighted by Gasteiger charge is 2.27. The van der Waals surface area contributed by atoms with E-state index >= 15 is 0 Å². The van der Waals surface area contributed by atoms with Gasteiger partial charge in [-0.3, -0.25) is 0 Å². The third-order valence-electron chi connectivity index (χ3n) is 4.31. The monoisotopic (exact) mass is 230 g/mol. The predicted molar refractivity (Wildman–Crippen MR) is 73.7 cm³/mol. The smallest absolute Gasteiger partial charge is 0.0605 e. The van der Waals surface area contributed by atoms with Gasteiger partial charge in [0.15, 0.2) is 0 Å². The molecule has 0 saturated heterocycles. The van der Waals surface area contributed by atoms with Crippen molar-refractivity contribution in [1.29, 1.82) is 0 Å². The van der Waals surface area contributed by atoms with Gasteiger partial charge in [0, 0.05) is 12.6 Å². The van der Waals surface area contributed by atoms with E-state index < -0.39 is 0 Å². The van der Waals surface area contributed by atoms with Crippen molar-refractivity contribution >= 4 is 11.4 Å². The van der Waals surface area contributed by atoms with Gasteiger partial charge in [-0.1, -0.05) is 31.4 Å². The standard InChI is InChI=1S/C15H22N2/c1-11-6-5-9-14-15(11)16-10-12-7-3-2-4-8-13(12)17-14/h5-6,9,12-13,16-17H,2-4,7-8,10H2,1H3. The van der Waals surface area contributed by atoms with Crippen molar-refractivity contribution in [2.75, 3.05) is 17.2 Å². The summed E-state index contributed by atoms with van der Waals surface area (Å²) in [5.41, 5.74) is 3.98. The molecule has 2 unspecified atom stereocenters. The highest BCUT2D eigenvalue weighted by atomic mass is 15.0. The first-order chi connectivity index (χ1) is 8.34. The number of fused-ring (bicyclic) bond motifs is 2. The molecule has 0 bridgehead atoms. The van der Waals surface area contributed by atoms with E-state index in [-0.39, 0.29) is 0 Å². The minimum absolute atomic E-state index is 0.674. The van der Waals surface area contributed by atoms with Crippen LogP contribution in [0.3, 0.4) is 0 Å². The van der Waals surface area contributed by atoms with Gasteiger partial charge in [0.05, 0.1) is 11.4 Å². The van der Waals surface area contributed by atoms with Gasteiger partial charge in [0.1, 0.15) is 0 Å². The second kappa shape index (κ2) is 4.59. The molecule has 0 spiro atoms. The quantitative estimate of drug-likeness (QED) is 0.708. The van der Waals surface area contributed by atoms with E-state index in [2.05, 4.69) is 35.8 Å². The molecule has 2 heteroatoms. The molecule has 2 atom stereocenters. The molecule has 92 valence electrons. The van der Waals surface area contributed by atoms with Gasteiger partial charge in [-0.25, -0.2) is 0 Å². The summed E-state index contributed by atoms with van der Waals surface area (Å²) in [5, 5.41) is 7.44. The van der Waals surface area contributed by atoms with E-state index in [0.717, 1.165) is 12.5 Å². The van der Waals surface area contributed by atoms with Gasteiger partial charge in [-0.05, 0) is 37.3 Å². The molecule has 1 aromatic rings. The molecule has 2 N–H and O–H groups in total. The molecular weight excluding hydrogens is 208 g/mol. The van der Waals surface area contributed by atoms with Crippen molar-refractivity contribution in [2.24, 2.45) is 5.92 Å². The predicted octanol–water partition coefficient (Wildman–Crippen LogP) is 3.78. The Labute approximate surface area is 104 Å². The zero-order chi connectivity index (χ0) is 11.7. The van der Waals surface area contributed by atoms with Crippen molar-refractivity contribution in [1.82, 2.24) is 0 Å². The van der Waals surface area contributed by atoms with Crippen molar-refractivity contribution in [2.45, 2.75) is 45.1 Å². The summed E-state index contributed by atoms with van der Waals surface area (Å²) in [7, 11) is 0. The summed E-state index contributed by atoms with van der Waals surface area (Å²) >= 11 is 0. The fourth-order valence-electron chi connectivity index (χ4n) is 3.27. The molecule has 0 amide bonds. The Bertz CT molecular complexity index is 400. The fraction of sp³-hybridized carbons (Fsp3) is 0.600. The molecule has 1 aliphatic carbocycles. The van der Waals surface area contributed by atoms with E-state index in [1.807, 2.05) is 0 Å². The van der Waals surface area contributed by atoms with Crippen LogP contribution in [0, 0.1) is 12.8 Å². The first-order valence-electron chi connectivity index (χ1n) is 6.94. The maximum absolute atomic E-state index is 3.78. The van der Waals surface area contributed by atoms with Crippen molar-refractivity contribution in [3.05, 3.63) is 23.8 Å². The molecule has 0 radical (unpaired) electrons. The minimum Gasteiger partial charge on any atom is -0.383 e. The Balaban J connectivity index is 1.90. The lowest BCUT2D eigenvalue weighted by Crippen LogP contribution is -2.30. The summed E-state index contributed by atoms with van der Waals surface area (Å²) < 4.78 is 0. The fourth-order valence-corrected chi connectivity index (χ4v) is 3.27. The van der Waals surface area contributed by atoms with Crippen LogP contribution in [0.5, 0.6) is 0 Å². The lowest BCUT2D eigenvalue weighted by molar-refractivity contribution is 0.444. The van der Waals surface area contributed by atoms with Crippen LogP contribution in [0.2, 0.25) is 0 Å². The number of hydrogen-bond acceptors (Lipinski definition) is 2. The van der Waals surface area contributed by atoms with Gasteiger partial charge in [0.25, 0.3) is 0 Å². The van der Waals surface area contributed by atoms with E-state index in [9.17, 15) is 0 Å². The lowest BCUT2D eigenvalue weighted by atomic mass is 9.95. The Morgan fingerprint density at radius 3 is 2.94 bits per heavy atom. The topological polar surface area (TPSA) is 24.1 Å². The van der Waals surface area contributed by atoms with Gasteiger partial charge in [0.2, 0.25) is 0 Å². The maximum atomic E-state index is 3.78. The molecule has 3 rings (SSSR count). The van der Waals surface area contributed by atoms with Crippen LogP contribution in [-0.2, 0) is 0 Å². The normalized spacial score (nSPS) is 27.8. The average molecular weight is 230 g/mol. The van der Waals surface area contributed by atoms with Crippen LogP contribution in [0.1, 0.15) is 37.7 Å². The minimum atomic E-state index is 0.674. The van der Waals surface area contributed by atoms with Gasteiger partial charge in [-0.15, -0.1) is 0 Å². The Kier molecular flexibility index (Phi) is 2.96. The summed E-state index contributed by atoms with van der Waals surface area (Å²) in [6, 6.07) is 7.23. The summed E-state index contributed by atoms with van der Waals surface area (Å²) in [4.78, 5) is 0. The maximum Gasteiger partial charge on any atom is 0.0605 e. The highest BCUT2D eigenvalue weighted by molar-refractivity contribution is 5.73. The molecule has 1 fully saturated rings. The number of para-hydroxylation sites is 1. The third kappa shape index (κ3) is 2.13. The molecule has 1 aromatic carbocycles. The van der Waals surface area contributed by atoms with Crippen LogP contribution < -0.4 is 10.6 Å². The second-order valence-corrected chi connectivity index (χ2v) is 5.53. The first-order valence-corrected chi connectivity index (χ1v) is 6.94. The lowest BCUT2D eigenvalue weighted by Gasteiger charge is -2.23. The van der Waals surface area contributed by atoms with Crippen molar-refractivity contribution < 1.29 is 0 Å². The molecule has 1 heterocycles. The average Bonchev–Trinajstić information content (AvgIpc) is 2.62. The number of nitrogens with one attached hydrogen (secondary N) is 2. The zero-order valence-electron chi connectivity index (χ0n) is 10.6. The zero-order valence-corrected chi connectivity index (χ0v) is 10.6. The van der Waals surface area contributed by atoms with Crippen LogP contribution in [0.25, 0.3) is 0 Å². The number of aryl methyl sites for hydroxylation is 1. The van der Waals surface area contributed by atoms with Gasteiger partial charge >= 0.3 is 0 Å². The summed E-state index contributed by atoms with van der Waals surface area (Å²) in [6.45, 7) is 3.32. The van der Waals surface area contributed by atoms with Crippen LogP contribution in [-0.4, -0.2) is 12.6 Å². The molecular formula is C15H22N2. The second-order valence-electron chi connectivity index (χ2n) is 5.53. The first kappa shape index (κ1) is 10.9. The molecule has 2 nitrogen and oxygen atoms in total. The van der Waals surface area contributed by atoms with Crippen LogP contribution >= 0.6 is 0 Å². The summed E-state index contributed by atoms with van der Waals surface area (Å²) in [6.07, 6.45) is 6.90. The third-order valence-corrected chi connectivity index (χ3v) is 4.31. The number of hydrogen-bond donors (Lipinski definition) is 2. The van der Waals surface area contributed by atoms with E-state index in [1.54, 1.807) is 0 Å². The summed E-state index contributed by atoms with van der Waals surface area (Å²) in [5.74, 6) is 0.796. The number of benzene rings is 1. The molecule has 1 saturated carbocycles. The van der Waals surface area contributed by atoms with E-state index in [4.69, 9.17) is 0 Å². The Morgan fingerprint density at radius 2 is 2.00 bits per heavy atom. The molecule has 1 aliphatic heterocycles. The highest BCUT2D eigenvalue weighted by Crippen LogP contribution is 2.34.